The molecule has 9 nitrogen and oxygen atoms in total. The van der Waals surface area contributed by atoms with E-state index in [1.807, 2.05) is 48.5 Å². The molecule has 6 aromatic rings. The normalized spacial score (nSPS) is 14.2. The van der Waals surface area contributed by atoms with E-state index in [0.717, 1.165) is 58.4 Å². The van der Waals surface area contributed by atoms with Crippen LogP contribution in [0.3, 0.4) is 0 Å². The number of ether oxygens (including phenoxy) is 2. The van der Waals surface area contributed by atoms with E-state index >= 15 is 0 Å². The smallest absolute Gasteiger partial charge is 0.235 e. The lowest BCUT2D eigenvalue weighted by molar-refractivity contribution is -0.119. The molecule has 0 aliphatic carbocycles. The van der Waals surface area contributed by atoms with Crippen LogP contribution in [0.2, 0.25) is 10.0 Å². The summed E-state index contributed by atoms with van der Waals surface area (Å²) >= 11 is 14.2. The number of hydrogen-bond acceptors (Lipinski definition) is 7. The molecular weight excluding hydrogens is 695 g/mol. The van der Waals surface area contributed by atoms with Crippen LogP contribution in [0.25, 0.3) is 44.5 Å². The summed E-state index contributed by atoms with van der Waals surface area (Å²) in [6.07, 6.45) is 5.66. The van der Waals surface area contributed by atoms with Crippen LogP contribution in [0, 0.1) is 6.92 Å². The molecule has 1 aliphatic rings. The first-order valence-corrected chi connectivity index (χ1v) is 18.2. The summed E-state index contributed by atoms with van der Waals surface area (Å²) in [5.74, 6) is 1.12. The summed E-state index contributed by atoms with van der Waals surface area (Å²) in [6, 6.07) is 24.4. The predicted molar refractivity (Wildman–Crippen MR) is 207 cm³/mol. The number of benzene rings is 3. The third-order valence-electron chi connectivity index (χ3n) is 9.49. The molecule has 0 radical (unpaired) electrons. The maximum absolute atomic E-state index is 11.5. The van der Waals surface area contributed by atoms with Crippen molar-refractivity contribution in [2.75, 3.05) is 14.2 Å². The largest absolute Gasteiger partial charge is 0.481 e. The Balaban J connectivity index is 1.08. The van der Waals surface area contributed by atoms with E-state index in [0.29, 0.717) is 64.7 Å². The molecule has 0 bridgehead atoms. The van der Waals surface area contributed by atoms with Gasteiger partial charge in [0.15, 0.2) is 0 Å². The lowest BCUT2D eigenvalue weighted by atomic mass is 9.98. The maximum atomic E-state index is 11.5. The zero-order chi connectivity index (χ0) is 36.2. The third-order valence-corrected chi connectivity index (χ3v) is 10.3. The number of pyridine rings is 1. The van der Waals surface area contributed by atoms with Gasteiger partial charge in [0.25, 0.3) is 0 Å². The highest BCUT2D eigenvalue weighted by Gasteiger charge is 2.22. The van der Waals surface area contributed by atoms with E-state index < -0.39 is 0 Å². The number of rotatable bonds is 13. The van der Waals surface area contributed by atoms with Crippen LogP contribution in [0.5, 0.6) is 11.8 Å². The SMILES string of the molecule is COc1nc(-c2cccc(-c3cccc(-c4cnc(CCC[C@@H]5CCC(=O)N5)c(OC)n4)c3Cl)c2Cl)ccc1CNCc1ccc2[nH]c(C)cc2c1. The molecule has 11 heteroatoms. The summed E-state index contributed by atoms with van der Waals surface area (Å²) in [6.45, 7) is 3.37. The summed E-state index contributed by atoms with van der Waals surface area (Å²) < 4.78 is 11.4. The lowest BCUT2D eigenvalue weighted by Gasteiger charge is -2.15. The van der Waals surface area contributed by atoms with E-state index in [1.54, 1.807) is 20.4 Å². The molecule has 4 heterocycles. The van der Waals surface area contributed by atoms with E-state index in [9.17, 15) is 4.79 Å². The summed E-state index contributed by atoms with van der Waals surface area (Å²) in [7, 11) is 3.22. The van der Waals surface area contributed by atoms with Crippen LogP contribution in [0.15, 0.2) is 79.0 Å². The highest BCUT2D eigenvalue weighted by molar-refractivity contribution is 6.39. The van der Waals surface area contributed by atoms with Crippen LogP contribution < -0.4 is 20.1 Å². The molecule has 266 valence electrons. The molecule has 0 saturated carbocycles. The van der Waals surface area contributed by atoms with Gasteiger partial charge in [-0.3, -0.25) is 9.78 Å². The van der Waals surface area contributed by atoms with Gasteiger partial charge in [-0.05, 0) is 67.8 Å². The molecule has 1 atom stereocenters. The molecule has 0 unspecified atom stereocenters. The number of H-pyrrole nitrogens is 1. The van der Waals surface area contributed by atoms with Crippen molar-refractivity contribution in [1.29, 1.82) is 0 Å². The number of carbonyl (C=O) groups excluding carboxylic acids is 1. The van der Waals surface area contributed by atoms with Crippen molar-refractivity contribution in [3.8, 4) is 45.4 Å². The maximum Gasteiger partial charge on any atom is 0.235 e. The van der Waals surface area contributed by atoms with Gasteiger partial charge in [0.05, 0.1) is 41.8 Å². The molecule has 52 heavy (non-hydrogen) atoms. The fraction of sp³-hybridized carbons (Fsp3) is 0.268. The molecule has 0 spiro atoms. The molecule has 1 amide bonds. The van der Waals surface area contributed by atoms with Gasteiger partial charge in [-0.25, -0.2) is 9.97 Å². The third kappa shape index (κ3) is 7.62. The molecule has 3 N–H and O–H groups in total. The Kier molecular flexibility index (Phi) is 10.7. The van der Waals surface area contributed by atoms with Gasteiger partial charge < -0.3 is 25.1 Å². The van der Waals surface area contributed by atoms with Crippen molar-refractivity contribution in [3.05, 3.63) is 112 Å². The second-order valence-electron chi connectivity index (χ2n) is 13.1. The number of hydrogen-bond donors (Lipinski definition) is 3. The first kappa shape index (κ1) is 35.4. The molecule has 3 aromatic heterocycles. The fourth-order valence-electron chi connectivity index (χ4n) is 6.86. The topological polar surface area (TPSA) is 114 Å². The number of fused-ring (bicyclic) bond motifs is 1. The number of aryl methyl sites for hydroxylation is 2. The first-order chi connectivity index (χ1) is 25.3. The quantitative estimate of drug-likeness (QED) is 0.109. The van der Waals surface area contributed by atoms with Crippen LogP contribution >= 0.6 is 23.2 Å². The minimum Gasteiger partial charge on any atom is -0.481 e. The molecule has 1 fully saturated rings. The van der Waals surface area contributed by atoms with E-state index in [4.69, 9.17) is 47.6 Å². The Morgan fingerprint density at radius 2 is 1.56 bits per heavy atom. The van der Waals surface area contributed by atoms with Gasteiger partial charge in [0.2, 0.25) is 17.7 Å². The second kappa shape index (κ2) is 15.7. The van der Waals surface area contributed by atoms with Gasteiger partial charge in [-0.1, -0.05) is 71.7 Å². The molecule has 3 aromatic carbocycles. The van der Waals surface area contributed by atoms with Gasteiger partial charge in [-0.2, -0.15) is 0 Å². The fourth-order valence-corrected chi connectivity index (χ4v) is 7.51. The molecular formula is C41H40Cl2N6O3. The van der Waals surface area contributed by atoms with Crippen molar-refractivity contribution in [2.45, 2.75) is 58.2 Å². The Labute approximate surface area is 313 Å². The van der Waals surface area contributed by atoms with Gasteiger partial charge >= 0.3 is 0 Å². The van der Waals surface area contributed by atoms with Crippen LogP contribution in [-0.2, 0) is 24.3 Å². The number of methoxy groups -OCH3 is 2. The van der Waals surface area contributed by atoms with E-state index in [-0.39, 0.29) is 11.9 Å². The lowest BCUT2D eigenvalue weighted by Crippen LogP contribution is -2.25. The standard InChI is InChI=1S/C41H40Cl2N6O3/c1-24-19-27-20-25(13-16-33(27)46-24)21-44-22-26-14-17-34(48-40(26)51-2)31-10-5-8-29(38(31)42)30-9-6-11-32(39(30)43)36-23-45-35(41(49-36)52-3)12-4-7-28-15-18-37(50)47-28/h5-6,8-11,13-14,16-17,19-20,23,28,44,46H,4,7,12,15,18,21-22H2,1-3H3,(H,47,50)/t28-/m1/s1. The second-order valence-corrected chi connectivity index (χ2v) is 13.8. The minimum atomic E-state index is 0.127. The predicted octanol–water partition coefficient (Wildman–Crippen LogP) is 8.88. The Morgan fingerprint density at radius 3 is 2.27 bits per heavy atom. The average Bonchev–Trinajstić information content (AvgIpc) is 3.75. The Hall–Kier alpha value is -4.96. The number of halogens is 2. The zero-order valence-electron chi connectivity index (χ0n) is 29.4. The Bertz CT molecular complexity index is 2250. The highest BCUT2D eigenvalue weighted by atomic mass is 35.5. The average molecular weight is 736 g/mol. The van der Waals surface area contributed by atoms with Gasteiger partial charge in [-0.15, -0.1) is 0 Å². The summed E-state index contributed by atoms with van der Waals surface area (Å²) in [5, 5.41) is 8.77. The highest BCUT2D eigenvalue weighted by Crippen LogP contribution is 2.42. The van der Waals surface area contributed by atoms with E-state index in [1.165, 1.54) is 10.9 Å². The number of aromatic nitrogens is 4. The van der Waals surface area contributed by atoms with Crippen molar-refractivity contribution in [2.24, 2.45) is 0 Å². The molecule has 1 saturated heterocycles. The number of nitrogens with one attached hydrogen (secondary N) is 3. The van der Waals surface area contributed by atoms with Crippen LogP contribution in [0.4, 0.5) is 0 Å². The number of aromatic amines is 1. The number of amides is 1. The van der Waals surface area contributed by atoms with Crippen LogP contribution in [-0.4, -0.2) is 46.1 Å². The van der Waals surface area contributed by atoms with Crippen molar-refractivity contribution >= 4 is 40.0 Å². The van der Waals surface area contributed by atoms with E-state index in [2.05, 4.69) is 46.8 Å². The summed E-state index contributed by atoms with van der Waals surface area (Å²) in [4.78, 5) is 29.3. The van der Waals surface area contributed by atoms with Crippen molar-refractivity contribution in [3.63, 3.8) is 0 Å². The Morgan fingerprint density at radius 1 is 0.846 bits per heavy atom. The molecule has 7 rings (SSSR count). The monoisotopic (exact) mass is 734 g/mol. The molecule has 1 aliphatic heterocycles. The van der Waals surface area contributed by atoms with Crippen molar-refractivity contribution < 1.29 is 14.3 Å². The zero-order valence-corrected chi connectivity index (χ0v) is 30.9. The first-order valence-electron chi connectivity index (χ1n) is 17.4. The van der Waals surface area contributed by atoms with Gasteiger partial charge in [0.1, 0.15) is 5.69 Å². The minimum absolute atomic E-state index is 0.127. The number of nitrogens with zero attached hydrogens (tertiary/aromatic N) is 3. The summed E-state index contributed by atoms with van der Waals surface area (Å²) in [5.41, 5.74) is 9.49. The number of carbonyl (C=O) groups is 1. The van der Waals surface area contributed by atoms with Gasteiger partial charge in [0, 0.05) is 64.6 Å². The van der Waals surface area contributed by atoms with Crippen LogP contribution in [0.1, 0.15) is 48.2 Å². The van der Waals surface area contributed by atoms with Crippen molar-refractivity contribution in [1.82, 2.24) is 30.6 Å².